The van der Waals surface area contributed by atoms with Gasteiger partial charge in [-0.1, -0.05) is 6.92 Å². The largest absolute Gasteiger partial charge is 0.461 e. The number of carbonyl (C=O) groups is 1. The van der Waals surface area contributed by atoms with Gasteiger partial charge in [0, 0.05) is 20.6 Å². The van der Waals surface area contributed by atoms with Crippen molar-refractivity contribution in [3.05, 3.63) is 0 Å². The molecule has 118 valence electrons. The Hall–Kier alpha value is -2.12. The van der Waals surface area contributed by atoms with E-state index in [9.17, 15) is 4.79 Å². The maximum Gasteiger partial charge on any atom is 0.323 e. The van der Waals surface area contributed by atoms with Crippen molar-refractivity contribution in [3.63, 3.8) is 0 Å². The third-order valence-electron chi connectivity index (χ3n) is 2.56. The zero-order valence-corrected chi connectivity index (χ0v) is 13.3. The maximum absolute atomic E-state index is 11.9. The Bertz CT molecular complexity index is 478. The topological polar surface area (TPSA) is 97.5 Å². The predicted octanol–water partition coefficient (Wildman–Crippen LogP) is 0.546. The molecule has 0 saturated carbocycles. The summed E-state index contributed by atoms with van der Waals surface area (Å²) in [6.45, 7) is 6.59. The third-order valence-corrected chi connectivity index (χ3v) is 2.56. The van der Waals surface area contributed by atoms with Crippen LogP contribution in [0.2, 0.25) is 0 Å². The van der Waals surface area contributed by atoms with Crippen LogP contribution in [0.15, 0.2) is 0 Å². The number of hydrogen-bond acceptors (Lipinski definition) is 7. The van der Waals surface area contributed by atoms with E-state index in [1.54, 1.807) is 19.0 Å². The smallest absolute Gasteiger partial charge is 0.323 e. The van der Waals surface area contributed by atoms with E-state index in [2.05, 4.69) is 15.0 Å². The Morgan fingerprint density at radius 1 is 1.29 bits per heavy atom. The zero-order valence-electron chi connectivity index (χ0n) is 13.3. The third kappa shape index (κ3) is 5.41. The molecule has 0 saturated heterocycles. The number of hydrogen-bond donors (Lipinski definition) is 1. The molecule has 1 heterocycles. The van der Waals surface area contributed by atoms with E-state index < -0.39 is 0 Å². The van der Waals surface area contributed by atoms with Gasteiger partial charge in [0.1, 0.15) is 0 Å². The average molecular weight is 296 g/mol. The number of nitrogen functional groups attached to an aromatic ring is 1. The lowest BCUT2D eigenvalue weighted by Crippen LogP contribution is -2.38. The van der Waals surface area contributed by atoms with Gasteiger partial charge in [0.15, 0.2) is 0 Å². The van der Waals surface area contributed by atoms with E-state index in [-0.39, 0.29) is 30.5 Å². The van der Waals surface area contributed by atoms with Crippen LogP contribution in [0.4, 0.5) is 11.9 Å². The SMILES string of the molecule is CCCN(CC(=O)N(C)C)c1nc(N)nc(OC(C)C)n1. The van der Waals surface area contributed by atoms with Crippen LogP contribution < -0.4 is 15.4 Å². The summed E-state index contributed by atoms with van der Waals surface area (Å²) in [4.78, 5) is 27.5. The van der Waals surface area contributed by atoms with E-state index in [0.717, 1.165) is 6.42 Å². The summed E-state index contributed by atoms with van der Waals surface area (Å²) in [5.74, 6) is 0.401. The minimum Gasteiger partial charge on any atom is -0.461 e. The van der Waals surface area contributed by atoms with Crippen molar-refractivity contribution in [1.82, 2.24) is 19.9 Å². The summed E-state index contributed by atoms with van der Waals surface area (Å²) in [6, 6.07) is 0.172. The minimum absolute atomic E-state index is 0.0336. The molecule has 0 aliphatic carbocycles. The summed E-state index contributed by atoms with van der Waals surface area (Å²) in [5, 5.41) is 0. The van der Waals surface area contributed by atoms with Crippen molar-refractivity contribution in [1.29, 1.82) is 0 Å². The van der Waals surface area contributed by atoms with Crippen molar-refractivity contribution < 1.29 is 9.53 Å². The highest BCUT2D eigenvalue weighted by atomic mass is 16.5. The summed E-state index contributed by atoms with van der Waals surface area (Å²) < 4.78 is 5.45. The Morgan fingerprint density at radius 3 is 2.48 bits per heavy atom. The molecule has 1 rings (SSSR count). The molecule has 0 unspecified atom stereocenters. The lowest BCUT2D eigenvalue weighted by atomic mass is 10.4. The van der Waals surface area contributed by atoms with Crippen LogP contribution in [-0.2, 0) is 4.79 Å². The number of amides is 1. The molecule has 8 heteroatoms. The van der Waals surface area contributed by atoms with Crippen LogP contribution in [0.3, 0.4) is 0 Å². The fourth-order valence-corrected chi connectivity index (χ4v) is 1.59. The van der Waals surface area contributed by atoms with Crippen LogP contribution in [0, 0.1) is 0 Å². The Balaban J connectivity index is 3.01. The molecular weight excluding hydrogens is 272 g/mol. The second-order valence-electron chi connectivity index (χ2n) is 5.15. The molecule has 1 amide bonds. The van der Waals surface area contributed by atoms with Crippen LogP contribution in [-0.4, -0.2) is 59.0 Å². The van der Waals surface area contributed by atoms with Gasteiger partial charge in [0.05, 0.1) is 12.6 Å². The quantitative estimate of drug-likeness (QED) is 0.784. The number of anilines is 2. The maximum atomic E-state index is 11.9. The van der Waals surface area contributed by atoms with Crippen LogP contribution >= 0.6 is 0 Å². The second-order valence-corrected chi connectivity index (χ2v) is 5.15. The van der Waals surface area contributed by atoms with E-state index >= 15 is 0 Å². The number of aromatic nitrogens is 3. The monoisotopic (exact) mass is 296 g/mol. The first-order valence-corrected chi connectivity index (χ1v) is 6.96. The fraction of sp³-hybridized carbons (Fsp3) is 0.692. The number of likely N-dealkylation sites (N-methyl/N-ethyl adjacent to an activating group) is 1. The highest BCUT2D eigenvalue weighted by Gasteiger charge is 2.17. The standard InChI is InChI=1S/C13H24N6O2/c1-6-7-19(8-10(20)18(4)5)12-15-11(14)16-13(17-12)21-9(2)3/h9H,6-8H2,1-5H3,(H2,14,15,16,17). The molecule has 1 aromatic rings. The van der Waals surface area contributed by atoms with Gasteiger partial charge in [-0.3, -0.25) is 4.79 Å². The van der Waals surface area contributed by atoms with Gasteiger partial charge in [-0.05, 0) is 20.3 Å². The number of nitrogens with zero attached hydrogens (tertiary/aromatic N) is 5. The minimum atomic E-state index is -0.0670. The molecule has 1 aromatic heterocycles. The molecular formula is C13H24N6O2. The predicted molar refractivity (Wildman–Crippen MR) is 81.2 cm³/mol. The number of nitrogens with two attached hydrogens (primary N) is 1. The van der Waals surface area contributed by atoms with Gasteiger partial charge in [-0.2, -0.15) is 15.0 Å². The number of carbonyl (C=O) groups excluding carboxylic acids is 1. The van der Waals surface area contributed by atoms with Gasteiger partial charge >= 0.3 is 6.01 Å². The summed E-state index contributed by atoms with van der Waals surface area (Å²) >= 11 is 0. The zero-order chi connectivity index (χ0) is 16.0. The van der Waals surface area contributed by atoms with Crippen LogP contribution in [0.5, 0.6) is 6.01 Å². The fourth-order valence-electron chi connectivity index (χ4n) is 1.59. The van der Waals surface area contributed by atoms with Gasteiger partial charge in [-0.15, -0.1) is 0 Å². The Labute approximate surface area is 125 Å². The number of rotatable bonds is 7. The number of ether oxygens (including phenoxy) is 1. The summed E-state index contributed by atoms with van der Waals surface area (Å²) in [6.07, 6.45) is 0.787. The highest BCUT2D eigenvalue weighted by Crippen LogP contribution is 2.15. The normalized spacial score (nSPS) is 10.6. The molecule has 8 nitrogen and oxygen atoms in total. The highest BCUT2D eigenvalue weighted by molar-refractivity contribution is 5.80. The van der Waals surface area contributed by atoms with E-state index in [0.29, 0.717) is 12.5 Å². The second kappa shape index (κ2) is 7.61. The van der Waals surface area contributed by atoms with E-state index in [1.807, 2.05) is 20.8 Å². The van der Waals surface area contributed by atoms with Crippen molar-refractivity contribution in [2.24, 2.45) is 0 Å². The first-order chi connectivity index (χ1) is 9.83. The Kier molecular flexibility index (Phi) is 6.13. The van der Waals surface area contributed by atoms with Gasteiger partial charge < -0.3 is 20.3 Å². The molecule has 0 bridgehead atoms. The van der Waals surface area contributed by atoms with Crippen LogP contribution in [0.1, 0.15) is 27.2 Å². The molecule has 0 aromatic carbocycles. The molecule has 0 radical (unpaired) electrons. The van der Waals surface area contributed by atoms with Gasteiger partial charge in [-0.25, -0.2) is 0 Å². The van der Waals surface area contributed by atoms with Gasteiger partial charge in [0.2, 0.25) is 17.8 Å². The summed E-state index contributed by atoms with van der Waals surface area (Å²) in [7, 11) is 3.42. The molecule has 0 atom stereocenters. The van der Waals surface area contributed by atoms with Crippen LogP contribution in [0.25, 0.3) is 0 Å². The molecule has 0 spiro atoms. The van der Waals surface area contributed by atoms with Gasteiger partial charge in [0.25, 0.3) is 0 Å². The Morgan fingerprint density at radius 2 is 1.95 bits per heavy atom. The van der Waals surface area contributed by atoms with Crippen molar-refractivity contribution in [2.75, 3.05) is 37.8 Å². The lowest BCUT2D eigenvalue weighted by Gasteiger charge is -2.23. The average Bonchev–Trinajstić information content (AvgIpc) is 2.36. The first-order valence-electron chi connectivity index (χ1n) is 6.96. The molecule has 0 fully saturated rings. The molecule has 21 heavy (non-hydrogen) atoms. The van der Waals surface area contributed by atoms with Crippen molar-refractivity contribution >= 4 is 17.8 Å². The molecule has 2 N–H and O–H groups in total. The van der Waals surface area contributed by atoms with E-state index in [4.69, 9.17) is 10.5 Å². The van der Waals surface area contributed by atoms with Crippen molar-refractivity contribution in [2.45, 2.75) is 33.3 Å². The lowest BCUT2D eigenvalue weighted by molar-refractivity contribution is -0.127. The molecule has 0 aliphatic heterocycles. The van der Waals surface area contributed by atoms with E-state index in [1.165, 1.54) is 4.90 Å². The van der Waals surface area contributed by atoms with Crippen molar-refractivity contribution in [3.8, 4) is 6.01 Å². The first kappa shape index (κ1) is 16.9. The summed E-state index contributed by atoms with van der Waals surface area (Å²) in [5.41, 5.74) is 5.70. The molecule has 0 aliphatic rings.